The Hall–Kier alpha value is -3.04. The largest absolute Gasteiger partial charge is 0.491 e. The maximum atomic E-state index is 13.3. The van der Waals surface area contributed by atoms with Crippen molar-refractivity contribution in [3.8, 4) is 5.75 Å². The van der Waals surface area contributed by atoms with E-state index in [0.29, 0.717) is 30.2 Å². The first-order valence-electron chi connectivity index (χ1n) is 12.2. The van der Waals surface area contributed by atoms with Crippen LogP contribution in [0.2, 0.25) is 0 Å². The van der Waals surface area contributed by atoms with Gasteiger partial charge in [0.1, 0.15) is 18.1 Å². The number of likely N-dealkylation sites (N-methyl/N-ethyl adjacent to an activating group) is 1. The summed E-state index contributed by atoms with van der Waals surface area (Å²) in [6, 6.07) is 5.26. The summed E-state index contributed by atoms with van der Waals surface area (Å²) in [6.45, 7) is 7.18. The minimum Gasteiger partial charge on any atom is -0.491 e. The summed E-state index contributed by atoms with van der Waals surface area (Å²) in [5, 5.41) is 2.82. The molecule has 3 atom stereocenters. The number of hydrogen-bond acceptors (Lipinski definition) is 7. The van der Waals surface area contributed by atoms with Crippen molar-refractivity contribution in [1.82, 2.24) is 19.8 Å². The molecule has 35 heavy (non-hydrogen) atoms. The van der Waals surface area contributed by atoms with Crippen molar-refractivity contribution in [3.05, 3.63) is 48.0 Å². The zero-order valence-electron chi connectivity index (χ0n) is 20.9. The van der Waals surface area contributed by atoms with Gasteiger partial charge in [0.15, 0.2) is 0 Å². The second-order valence-corrected chi connectivity index (χ2v) is 9.75. The van der Waals surface area contributed by atoms with Crippen molar-refractivity contribution in [2.75, 3.05) is 45.7 Å². The average molecular weight is 482 g/mol. The number of anilines is 1. The fraction of sp³-hybridized carbons (Fsp3) is 0.538. The summed E-state index contributed by atoms with van der Waals surface area (Å²) in [7, 11) is 3.49. The molecule has 0 spiro atoms. The molecule has 1 aliphatic carbocycles. The van der Waals surface area contributed by atoms with E-state index in [2.05, 4.69) is 34.0 Å². The van der Waals surface area contributed by atoms with Crippen molar-refractivity contribution < 1.29 is 19.1 Å². The lowest BCUT2D eigenvalue weighted by atomic mass is 10.0. The number of amides is 2. The second-order valence-electron chi connectivity index (χ2n) is 9.75. The van der Waals surface area contributed by atoms with E-state index < -0.39 is 0 Å². The number of aromatic nitrogens is 2. The van der Waals surface area contributed by atoms with Gasteiger partial charge < -0.3 is 19.7 Å². The van der Waals surface area contributed by atoms with Crippen LogP contribution in [0.4, 0.5) is 5.69 Å². The molecule has 9 nitrogen and oxygen atoms in total. The van der Waals surface area contributed by atoms with Gasteiger partial charge in [-0.25, -0.2) is 4.98 Å². The molecule has 0 unspecified atom stereocenters. The molecular formula is C26H35N5O4. The summed E-state index contributed by atoms with van der Waals surface area (Å²) < 4.78 is 12.1. The SMILES string of the molecule is CO[C@@H]1CN(C)C(=O)c2ccc(NC(=O)c3cnccn3)cc2OC[C@@H](C)N(CC2CC2)C[C@H]1C. The van der Waals surface area contributed by atoms with Gasteiger partial charge in [0.2, 0.25) is 0 Å². The van der Waals surface area contributed by atoms with Gasteiger partial charge in [-0.05, 0) is 43.7 Å². The van der Waals surface area contributed by atoms with Crippen molar-refractivity contribution in [2.24, 2.45) is 11.8 Å². The number of ether oxygens (including phenoxy) is 2. The third-order valence-electron chi connectivity index (χ3n) is 6.82. The molecule has 2 aliphatic rings. The Bertz CT molecular complexity index is 1030. The molecular weight excluding hydrogens is 446 g/mol. The summed E-state index contributed by atoms with van der Waals surface area (Å²) in [5.74, 6) is 0.922. The van der Waals surface area contributed by atoms with Gasteiger partial charge in [-0.1, -0.05) is 6.92 Å². The quantitative estimate of drug-likeness (QED) is 0.701. The van der Waals surface area contributed by atoms with Crippen molar-refractivity contribution >= 4 is 17.5 Å². The molecule has 1 saturated carbocycles. The fourth-order valence-electron chi connectivity index (χ4n) is 4.42. The molecule has 9 heteroatoms. The summed E-state index contributed by atoms with van der Waals surface area (Å²) in [5.41, 5.74) is 1.18. The minimum absolute atomic E-state index is 0.0767. The predicted molar refractivity (Wildman–Crippen MR) is 133 cm³/mol. The number of nitrogens with one attached hydrogen (secondary N) is 1. The highest BCUT2D eigenvalue weighted by Crippen LogP contribution is 2.32. The predicted octanol–water partition coefficient (Wildman–Crippen LogP) is 2.94. The van der Waals surface area contributed by atoms with E-state index in [4.69, 9.17) is 9.47 Å². The van der Waals surface area contributed by atoms with Crippen LogP contribution in [0.3, 0.4) is 0 Å². The van der Waals surface area contributed by atoms with E-state index >= 15 is 0 Å². The lowest BCUT2D eigenvalue weighted by molar-refractivity contribution is 0.00994. The highest BCUT2D eigenvalue weighted by molar-refractivity contribution is 6.03. The van der Waals surface area contributed by atoms with Crippen LogP contribution in [0.15, 0.2) is 36.8 Å². The molecule has 1 aromatic heterocycles. The van der Waals surface area contributed by atoms with E-state index in [1.807, 2.05) is 0 Å². The van der Waals surface area contributed by atoms with Crippen molar-refractivity contribution in [3.63, 3.8) is 0 Å². The molecule has 2 amide bonds. The van der Waals surface area contributed by atoms with Crippen LogP contribution in [-0.4, -0.2) is 84.1 Å². The van der Waals surface area contributed by atoms with E-state index in [1.165, 1.54) is 31.4 Å². The standard InChI is InChI=1S/C26H35N5O4/c1-17-13-31(14-19-5-6-19)18(2)16-35-23-11-20(29-25(32)22-12-27-9-10-28-22)7-8-21(23)26(33)30(3)15-24(17)34-4/h7-12,17-19,24H,5-6,13-16H2,1-4H3,(H,29,32)/t17-,18-,24-/m1/s1. The Morgan fingerprint density at radius 3 is 2.71 bits per heavy atom. The van der Waals surface area contributed by atoms with E-state index in [1.54, 1.807) is 37.3 Å². The minimum atomic E-state index is -0.379. The Balaban J connectivity index is 1.60. The molecule has 1 aliphatic heterocycles. The van der Waals surface area contributed by atoms with E-state index in [-0.39, 0.29) is 35.6 Å². The highest BCUT2D eigenvalue weighted by atomic mass is 16.5. The van der Waals surface area contributed by atoms with Crippen LogP contribution in [0.1, 0.15) is 47.5 Å². The summed E-state index contributed by atoms with van der Waals surface area (Å²) >= 11 is 0. The third-order valence-corrected chi connectivity index (χ3v) is 6.82. The lowest BCUT2D eigenvalue weighted by Gasteiger charge is -2.36. The van der Waals surface area contributed by atoms with Crippen LogP contribution >= 0.6 is 0 Å². The molecule has 0 radical (unpaired) electrons. The van der Waals surface area contributed by atoms with E-state index in [9.17, 15) is 9.59 Å². The number of hydrogen-bond donors (Lipinski definition) is 1. The number of rotatable bonds is 5. The van der Waals surface area contributed by atoms with Gasteiger partial charge in [0, 0.05) is 64.0 Å². The molecule has 2 heterocycles. The number of methoxy groups -OCH3 is 1. The molecule has 4 rings (SSSR count). The Morgan fingerprint density at radius 1 is 1.23 bits per heavy atom. The lowest BCUT2D eigenvalue weighted by Crippen LogP contribution is -2.47. The number of carbonyl (C=O) groups is 2. The number of benzene rings is 1. The van der Waals surface area contributed by atoms with Crippen LogP contribution in [0.5, 0.6) is 5.75 Å². The van der Waals surface area contributed by atoms with Gasteiger partial charge in [0.05, 0.1) is 17.9 Å². The second kappa shape index (κ2) is 11.1. The smallest absolute Gasteiger partial charge is 0.275 e. The van der Waals surface area contributed by atoms with Crippen LogP contribution < -0.4 is 10.1 Å². The van der Waals surface area contributed by atoms with Gasteiger partial charge in [0.25, 0.3) is 11.8 Å². The van der Waals surface area contributed by atoms with Crippen LogP contribution in [0.25, 0.3) is 0 Å². The normalized spacial score (nSPS) is 24.1. The van der Waals surface area contributed by atoms with Crippen LogP contribution in [0, 0.1) is 11.8 Å². The first kappa shape index (κ1) is 25.1. The molecule has 188 valence electrons. The number of nitrogens with zero attached hydrogens (tertiary/aromatic N) is 4. The molecule has 2 aromatic rings. The Morgan fingerprint density at radius 2 is 2.03 bits per heavy atom. The Labute approximate surface area is 206 Å². The molecule has 1 aromatic carbocycles. The van der Waals surface area contributed by atoms with Crippen LogP contribution in [-0.2, 0) is 4.74 Å². The van der Waals surface area contributed by atoms with Gasteiger partial charge in [-0.2, -0.15) is 0 Å². The molecule has 1 N–H and O–H groups in total. The first-order chi connectivity index (χ1) is 16.9. The molecule has 1 fully saturated rings. The monoisotopic (exact) mass is 481 g/mol. The number of carbonyl (C=O) groups excluding carboxylic acids is 2. The van der Waals surface area contributed by atoms with Crippen molar-refractivity contribution in [1.29, 1.82) is 0 Å². The summed E-state index contributed by atoms with van der Waals surface area (Å²) in [4.78, 5) is 38.1. The van der Waals surface area contributed by atoms with Gasteiger partial charge >= 0.3 is 0 Å². The molecule has 0 saturated heterocycles. The summed E-state index contributed by atoms with van der Waals surface area (Å²) in [6.07, 6.45) is 6.86. The fourth-order valence-corrected chi connectivity index (χ4v) is 4.42. The molecule has 0 bridgehead atoms. The van der Waals surface area contributed by atoms with Gasteiger partial charge in [-0.3, -0.25) is 19.5 Å². The zero-order chi connectivity index (χ0) is 24.9. The van der Waals surface area contributed by atoms with E-state index in [0.717, 1.165) is 19.0 Å². The third kappa shape index (κ3) is 6.35. The topological polar surface area (TPSA) is 96.9 Å². The first-order valence-corrected chi connectivity index (χ1v) is 12.2. The maximum absolute atomic E-state index is 13.3. The average Bonchev–Trinajstić information content (AvgIpc) is 3.69. The zero-order valence-corrected chi connectivity index (χ0v) is 20.9. The van der Waals surface area contributed by atoms with Crippen molar-refractivity contribution in [2.45, 2.75) is 38.8 Å². The maximum Gasteiger partial charge on any atom is 0.275 e. The number of fused-ring (bicyclic) bond motifs is 1. The highest BCUT2D eigenvalue weighted by Gasteiger charge is 2.31. The Kier molecular flexibility index (Phi) is 7.97. The van der Waals surface area contributed by atoms with Gasteiger partial charge in [-0.15, -0.1) is 0 Å².